The fourth-order valence-electron chi connectivity index (χ4n) is 1.09. The first-order valence-corrected chi connectivity index (χ1v) is 4.22. The smallest absolute Gasteiger partial charge is 0.0799 e. The lowest BCUT2D eigenvalue weighted by Crippen LogP contribution is -2.28. The fraction of sp³-hybridized carbons (Fsp3) is 0.778. The molecule has 0 unspecified atom stereocenters. The molecule has 0 amide bonds. The number of aliphatic hydroxyl groups is 2. The summed E-state index contributed by atoms with van der Waals surface area (Å²) < 4.78 is 0. The summed E-state index contributed by atoms with van der Waals surface area (Å²) >= 11 is 0. The zero-order chi connectivity index (χ0) is 9.56. The maximum Gasteiger partial charge on any atom is 0.0799 e. The molecule has 3 nitrogen and oxygen atoms in total. The molecule has 1 saturated carbocycles. The van der Waals surface area contributed by atoms with E-state index in [0.29, 0.717) is 0 Å². The van der Waals surface area contributed by atoms with Crippen LogP contribution in [0.5, 0.6) is 0 Å². The minimum Gasteiger partial charge on any atom is -0.876 e. The van der Waals surface area contributed by atoms with Crippen molar-refractivity contribution >= 4 is 0 Å². The van der Waals surface area contributed by atoms with Gasteiger partial charge in [-0.2, -0.15) is 0 Å². The molecule has 1 fully saturated rings. The molecule has 0 bridgehead atoms. The molecule has 0 aromatic rings. The highest BCUT2D eigenvalue weighted by Crippen LogP contribution is 2.17. The zero-order valence-corrected chi connectivity index (χ0v) is 7.49. The van der Waals surface area contributed by atoms with Crippen LogP contribution in [-0.4, -0.2) is 22.4 Å². The average molecular weight is 173 g/mol. The SMILES string of the molecule is C=C(C)[O-].O[C@@H]1CCCC[C@H]1O. The molecular weight excluding hydrogens is 156 g/mol. The number of aliphatic hydroxyl groups excluding tert-OH is 2. The van der Waals surface area contributed by atoms with Crippen LogP contribution < -0.4 is 5.11 Å². The summed E-state index contributed by atoms with van der Waals surface area (Å²) in [5, 5.41) is 27.2. The lowest BCUT2D eigenvalue weighted by atomic mass is 9.95. The van der Waals surface area contributed by atoms with Crippen molar-refractivity contribution in [1.29, 1.82) is 0 Å². The highest BCUT2D eigenvalue weighted by Gasteiger charge is 2.19. The van der Waals surface area contributed by atoms with E-state index in [1.54, 1.807) is 0 Å². The van der Waals surface area contributed by atoms with Crippen LogP contribution in [0.25, 0.3) is 0 Å². The van der Waals surface area contributed by atoms with Crippen molar-refractivity contribution in [2.75, 3.05) is 0 Å². The lowest BCUT2D eigenvalue weighted by molar-refractivity contribution is -0.300. The van der Waals surface area contributed by atoms with Gasteiger partial charge >= 0.3 is 0 Å². The minimum atomic E-state index is -0.441. The maximum atomic E-state index is 9.33. The van der Waals surface area contributed by atoms with Crippen LogP contribution in [0.3, 0.4) is 0 Å². The van der Waals surface area contributed by atoms with E-state index in [-0.39, 0.29) is 5.76 Å². The fourth-order valence-corrected chi connectivity index (χ4v) is 1.09. The molecule has 0 aromatic carbocycles. The second-order valence-corrected chi connectivity index (χ2v) is 3.12. The van der Waals surface area contributed by atoms with Crippen LogP contribution in [0.1, 0.15) is 32.6 Å². The predicted molar refractivity (Wildman–Crippen MR) is 45.3 cm³/mol. The summed E-state index contributed by atoms with van der Waals surface area (Å²) in [6.07, 6.45) is 2.81. The Morgan fingerprint density at radius 3 is 1.67 bits per heavy atom. The van der Waals surface area contributed by atoms with E-state index < -0.39 is 12.2 Å². The molecule has 2 N–H and O–H groups in total. The third kappa shape index (κ3) is 6.19. The summed E-state index contributed by atoms with van der Waals surface area (Å²) in [5.74, 6) is -0.0833. The number of rotatable bonds is 0. The van der Waals surface area contributed by atoms with E-state index in [1.165, 1.54) is 6.92 Å². The summed E-state index contributed by atoms with van der Waals surface area (Å²) in [4.78, 5) is 0. The van der Waals surface area contributed by atoms with E-state index in [4.69, 9.17) is 10.2 Å². The van der Waals surface area contributed by atoms with Crippen molar-refractivity contribution in [2.24, 2.45) is 0 Å². The number of hydrogen-bond donors (Lipinski definition) is 2. The molecule has 3 heteroatoms. The van der Waals surface area contributed by atoms with E-state index in [9.17, 15) is 5.11 Å². The van der Waals surface area contributed by atoms with Crippen LogP contribution >= 0.6 is 0 Å². The van der Waals surface area contributed by atoms with Gasteiger partial charge in [0, 0.05) is 0 Å². The highest BCUT2D eigenvalue weighted by molar-refractivity contribution is 4.72. The lowest BCUT2D eigenvalue weighted by Gasteiger charge is -2.22. The average Bonchev–Trinajstić information content (AvgIpc) is 1.94. The van der Waals surface area contributed by atoms with Crippen LogP contribution in [0.4, 0.5) is 0 Å². The van der Waals surface area contributed by atoms with Crippen molar-refractivity contribution in [3.8, 4) is 0 Å². The summed E-state index contributed by atoms with van der Waals surface area (Å²) in [7, 11) is 0. The van der Waals surface area contributed by atoms with Crippen LogP contribution in [-0.2, 0) is 0 Å². The molecule has 2 atom stereocenters. The Kier molecular flexibility index (Phi) is 5.76. The summed E-state index contributed by atoms with van der Waals surface area (Å²) in [6.45, 7) is 4.42. The normalized spacial score (nSPS) is 28.6. The third-order valence-electron chi connectivity index (χ3n) is 1.69. The van der Waals surface area contributed by atoms with Crippen LogP contribution in [0, 0.1) is 0 Å². The van der Waals surface area contributed by atoms with E-state index in [0.717, 1.165) is 25.7 Å². The third-order valence-corrected chi connectivity index (χ3v) is 1.69. The molecule has 0 radical (unpaired) electrons. The van der Waals surface area contributed by atoms with Gasteiger partial charge in [-0.3, -0.25) is 0 Å². The number of allylic oxidation sites excluding steroid dienone is 1. The number of hydrogen-bond acceptors (Lipinski definition) is 3. The van der Waals surface area contributed by atoms with Crippen LogP contribution in [0.2, 0.25) is 0 Å². The first-order valence-electron chi connectivity index (χ1n) is 4.22. The standard InChI is InChI=1S/C6H12O2.C3H6O/c7-5-3-1-2-4-6(5)8;1-3(2)4/h5-8H,1-4H2;4H,1H2,2H3/p-1/t5-,6-;/m1./s1. The Morgan fingerprint density at radius 2 is 1.50 bits per heavy atom. The molecule has 0 saturated heterocycles. The van der Waals surface area contributed by atoms with Gasteiger partial charge in [0.15, 0.2) is 0 Å². The zero-order valence-electron chi connectivity index (χ0n) is 7.49. The molecule has 72 valence electrons. The van der Waals surface area contributed by atoms with Crippen molar-refractivity contribution in [1.82, 2.24) is 0 Å². The quantitative estimate of drug-likeness (QED) is 0.513. The van der Waals surface area contributed by atoms with Crippen molar-refractivity contribution < 1.29 is 15.3 Å². The maximum absolute atomic E-state index is 9.33. The Morgan fingerprint density at radius 1 is 1.25 bits per heavy atom. The first kappa shape index (κ1) is 11.5. The van der Waals surface area contributed by atoms with Crippen molar-refractivity contribution in [3.63, 3.8) is 0 Å². The molecular formula is C9H17O3-. The van der Waals surface area contributed by atoms with Gasteiger partial charge in [0.1, 0.15) is 0 Å². The molecule has 0 aromatic heterocycles. The van der Waals surface area contributed by atoms with E-state index >= 15 is 0 Å². The van der Waals surface area contributed by atoms with Gasteiger partial charge in [0.25, 0.3) is 0 Å². The molecule has 0 spiro atoms. The van der Waals surface area contributed by atoms with Gasteiger partial charge in [-0.05, 0) is 12.8 Å². The molecule has 1 rings (SSSR count). The van der Waals surface area contributed by atoms with Gasteiger partial charge in [0.2, 0.25) is 0 Å². The molecule has 12 heavy (non-hydrogen) atoms. The van der Waals surface area contributed by atoms with Crippen molar-refractivity contribution in [3.05, 3.63) is 12.3 Å². The largest absolute Gasteiger partial charge is 0.876 e. The summed E-state index contributed by atoms with van der Waals surface area (Å²) in [6, 6.07) is 0. The van der Waals surface area contributed by atoms with Gasteiger partial charge in [-0.25, -0.2) is 0 Å². The highest BCUT2D eigenvalue weighted by atomic mass is 16.3. The van der Waals surface area contributed by atoms with E-state index in [2.05, 4.69) is 6.58 Å². The van der Waals surface area contributed by atoms with Gasteiger partial charge < -0.3 is 15.3 Å². The van der Waals surface area contributed by atoms with Gasteiger partial charge in [0.05, 0.1) is 12.2 Å². The topological polar surface area (TPSA) is 63.5 Å². The Bertz CT molecular complexity index is 120. The molecule has 1 aliphatic carbocycles. The molecule has 1 aliphatic rings. The second-order valence-electron chi connectivity index (χ2n) is 3.12. The molecule has 0 aliphatic heterocycles. The second kappa shape index (κ2) is 6.03. The van der Waals surface area contributed by atoms with E-state index in [1.807, 2.05) is 0 Å². The predicted octanol–water partition coefficient (Wildman–Crippen LogP) is 0.162. The first-order chi connectivity index (χ1) is 5.54. The van der Waals surface area contributed by atoms with Crippen LogP contribution in [0.15, 0.2) is 12.3 Å². The summed E-state index contributed by atoms with van der Waals surface area (Å²) in [5.41, 5.74) is 0. The Hall–Kier alpha value is -0.540. The van der Waals surface area contributed by atoms with Crippen molar-refractivity contribution in [2.45, 2.75) is 44.8 Å². The minimum absolute atomic E-state index is 0.0833. The Balaban J connectivity index is 0.000000261. The Labute approximate surface area is 73.4 Å². The van der Waals surface area contributed by atoms with Gasteiger partial charge in [-0.1, -0.05) is 19.8 Å². The monoisotopic (exact) mass is 173 g/mol. The van der Waals surface area contributed by atoms with Gasteiger partial charge in [-0.15, -0.1) is 12.3 Å². The molecule has 0 heterocycles.